The Morgan fingerprint density at radius 3 is 2.08 bits per heavy atom. The first kappa shape index (κ1) is 22.5. The maximum absolute atomic E-state index is 11.3. The van der Waals surface area contributed by atoms with Crippen molar-refractivity contribution in [1.82, 2.24) is 10.6 Å². The summed E-state index contributed by atoms with van der Waals surface area (Å²) in [5.41, 5.74) is 1.92. The molecule has 1 rings (SSSR count). The van der Waals surface area contributed by atoms with Gasteiger partial charge in [0.1, 0.15) is 0 Å². The number of benzene rings is 1. The van der Waals surface area contributed by atoms with E-state index in [0.29, 0.717) is 6.54 Å². The van der Waals surface area contributed by atoms with Crippen LogP contribution in [0.3, 0.4) is 0 Å². The molecule has 0 atom stereocenters. The lowest BCUT2D eigenvalue weighted by atomic mass is 10.1. The van der Waals surface area contributed by atoms with E-state index in [0.717, 1.165) is 30.1 Å². The summed E-state index contributed by atoms with van der Waals surface area (Å²) < 4.78 is 22.6. The Morgan fingerprint density at radius 2 is 1.50 bits per heavy atom. The monoisotopic (exact) mass is 381 g/mol. The summed E-state index contributed by atoms with van der Waals surface area (Å²) in [4.78, 5) is 4.24. The predicted octanol–water partition coefficient (Wildman–Crippen LogP) is 3.65. The average molecular weight is 382 g/mol. The fourth-order valence-corrected chi connectivity index (χ4v) is 3.55. The molecule has 5 nitrogen and oxygen atoms in total. The van der Waals surface area contributed by atoms with E-state index in [1.165, 1.54) is 44.8 Å². The maximum atomic E-state index is 11.3. The largest absolute Gasteiger partial charge is 0.356 e. The molecular formula is C20H35N3O2S. The molecule has 0 radical (unpaired) electrons. The number of unbranched alkanes of at least 4 members (excludes halogenated alkanes) is 6. The summed E-state index contributed by atoms with van der Waals surface area (Å²) >= 11 is 0. The van der Waals surface area contributed by atoms with Crippen LogP contribution in [-0.2, 0) is 22.1 Å². The normalized spacial score (nSPS) is 12.2. The van der Waals surface area contributed by atoms with E-state index in [2.05, 4.69) is 22.5 Å². The van der Waals surface area contributed by atoms with Gasteiger partial charge in [0.15, 0.2) is 15.8 Å². The van der Waals surface area contributed by atoms with Crippen LogP contribution in [0, 0.1) is 0 Å². The van der Waals surface area contributed by atoms with Gasteiger partial charge in [0, 0.05) is 26.4 Å². The van der Waals surface area contributed by atoms with Gasteiger partial charge in [0.2, 0.25) is 0 Å². The Hall–Kier alpha value is -1.56. The summed E-state index contributed by atoms with van der Waals surface area (Å²) in [5.74, 6) is 0.888. The minimum absolute atomic E-state index is 0.0857. The number of hydrogen-bond acceptors (Lipinski definition) is 3. The Bertz CT molecular complexity index is 625. The second kappa shape index (κ2) is 12.7. The molecular weight excluding hydrogens is 346 g/mol. The highest BCUT2D eigenvalue weighted by Gasteiger charge is 2.04. The fraction of sp³-hybridized carbons (Fsp3) is 0.650. The molecule has 26 heavy (non-hydrogen) atoms. The third kappa shape index (κ3) is 11.1. The van der Waals surface area contributed by atoms with Crippen molar-refractivity contribution in [1.29, 1.82) is 0 Å². The van der Waals surface area contributed by atoms with Gasteiger partial charge in [0.05, 0.1) is 5.75 Å². The van der Waals surface area contributed by atoms with Crippen LogP contribution < -0.4 is 10.6 Å². The van der Waals surface area contributed by atoms with E-state index in [-0.39, 0.29) is 5.75 Å². The first-order chi connectivity index (χ1) is 12.4. The van der Waals surface area contributed by atoms with Gasteiger partial charge in [-0.1, -0.05) is 69.7 Å². The van der Waals surface area contributed by atoms with Gasteiger partial charge in [-0.05, 0) is 17.5 Å². The highest BCUT2D eigenvalue weighted by atomic mass is 32.2. The van der Waals surface area contributed by atoms with Gasteiger partial charge >= 0.3 is 0 Å². The number of nitrogens with zero attached hydrogens (tertiary/aromatic N) is 1. The maximum Gasteiger partial charge on any atom is 0.191 e. The van der Waals surface area contributed by atoms with Crippen molar-refractivity contribution in [3.8, 4) is 0 Å². The Balaban J connectivity index is 2.23. The van der Waals surface area contributed by atoms with E-state index in [9.17, 15) is 8.42 Å². The van der Waals surface area contributed by atoms with E-state index in [4.69, 9.17) is 0 Å². The van der Waals surface area contributed by atoms with Crippen molar-refractivity contribution in [3.05, 3.63) is 35.4 Å². The molecule has 0 aromatic heterocycles. The SMILES string of the molecule is CCCCCCCCCNC(=NC)NCc1ccc(CS(C)(=O)=O)cc1. The molecule has 0 amide bonds. The van der Waals surface area contributed by atoms with Crippen molar-refractivity contribution in [2.75, 3.05) is 19.8 Å². The molecule has 148 valence electrons. The molecule has 0 saturated carbocycles. The van der Waals surface area contributed by atoms with Crippen LogP contribution in [0.25, 0.3) is 0 Å². The molecule has 0 spiro atoms. The summed E-state index contributed by atoms with van der Waals surface area (Å²) in [7, 11) is -1.21. The first-order valence-corrected chi connectivity index (χ1v) is 11.7. The summed E-state index contributed by atoms with van der Waals surface area (Å²) in [6.07, 6.45) is 10.3. The number of hydrogen-bond donors (Lipinski definition) is 2. The molecule has 0 aliphatic carbocycles. The second-order valence-electron chi connectivity index (χ2n) is 6.86. The highest BCUT2D eigenvalue weighted by Crippen LogP contribution is 2.08. The number of aliphatic imine (C=N–C) groups is 1. The molecule has 0 saturated heterocycles. The number of sulfone groups is 1. The minimum atomic E-state index is -2.99. The molecule has 0 aliphatic heterocycles. The smallest absolute Gasteiger partial charge is 0.191 e. The van der Waals surface area contributed by atoms with Crippen LogP contribution >= 0.6 is 0 Å². The average Bonchev–Trinajstić information content (AvgIpc) is 2.60. The molecule has 0 aliphatic rings. The topological polar surface area (TPSA) is 70.6 Å². The summed E-state index contributed by atoms with van der Waals surface area (Å²) in [6, 6.07) is 7.65. The lowest BCUT2D eigenvalue weighted by molar-refractivity contribution is 0.583. The van der Waals surface area contributed by atoms with Crippen molar-refractivity contribution < 1.29 is 8.42 Å². The van der Waals surface area contributed by atoms with E-state index < -0.39 is 9.84 Å². The zero-order chi connectivity index (χ0) is 19.3. The van der Waals surface area contributed by atoms with Gasteiger partial charge in [-0.15, -0.1) is 0 Å². The molecule has 1 aromatic carbocycles. The summed E-state index contributed by atoms with van der Waals surface area (Å²) in [6.45, 7) is 3.84. The zero-order valence-electron chi connectivity index (χ0n) is 16.6. The Morgan fingerprint density at radius 1 is 0.923 bits per heavy atom. The van der Waals surface area contributed by atoms with Gasteiger partial charge < -0.3 is 10.6 Å². The third-order valence-corrected chi connectivity index (χ3v) is 5.07. The highest BCUT2D eigenvalue weighted by molar-refractivity contribution is 7.89. The van der Waals surface area contributed by atoms with Crippen LogP contribution in [0.5, 0.6) is 0 Å². The number of rotatable bonds is 12. The second-order valence-corrected chi connectivity index (χ2v) is 9.00. The predicted molar refractivity (Wildman–Crippen MR) is 111 cm³/mol. The molecule has 6 heteroatoms. The number of nitrogens with one attached hydrogen (secondary N) is 2. The van der Waals surface area contributed by atoms with Crippen LogP contribution in [0.15, 0.2) is 29.3 Å². The van der Waals surface area contributed by atoms with Gasteiger partial charge in [-0.2, -0.15) is 0 Å². The lowest BCUT2D eigenvalue weighted by Crippen LogP contribution is -2.37. The minimum Gasteiger partial charge on any atom is -0.356 e. The third-order valence-electron chi connectivity index (χ3n) is 4.21. The Labute approximate surface area is 159 Å². The van der Waals surface area contributed by atoms with Crippen molar-refractivity contribution >= 4 is 15.8 Å². The van der Waals surface area contributed by atoms with E-state index in [1.54, 1.807) is 7.05 Å². The molecule has 0 bridgehead atoms. The van der Waals surface area contributed by atoms with Crippen LogP contribution in [0.1, 0.15) is 63.0 Å². The lowest BCUT2D eigenvalue weighted by Gasteiger charge is -2.12. The number of guanidine groups is 1. The standard InChI is InChI=1S/C20H35N3O2S/c1-4-5-6-7-8-9-10-15-22-20(21-2)23-16-18-11-13-19(14-12-18)17-26(3,24)25/h11-14H,4-10,15-17H2,1-3H3,(H2,21,22,23). The van der Waals surface area contributed by atoms with Crippen molar-refractivity contribution in [2.24, 2.45) is 4.99 Å². The quantitative estimate of drug-likeness (QED) is 0.329. The fourth-order valence-electron chi connectivity index (χ4n) is 2.75. The van der Waals surface area contributed by atoms with Crippen molar-refractivity contribution in [2.45, 2.75) is 64.2 Å². The summed E-state index contributed by atoms with van der Waals surface area (Å²) in [5, 5.41) is 6.64. The van der Waals surface area contributed by atoms with Gasteiger partial charge in [-0.3, -0.25) is 4.99 Å². The van der Waals surface area contributed by atoms with Gasteiger partial charge in [-0.25, -0.2) is 8.42 Å². The van der Waals surface area contributed by atoms with Crippen LogP contribution in [-0.4, -0.2) is 34.2 Å². The van der Waals surface area contributed by atoms with Crippen LogP contribution in [0.4, 0.5) is 0 Å². The van der Waals surface area contributed by atoms with E-state index in [1.807, 2.05) is 24.3 Å². The van der Waals surface area contributed by atoms with Crippen molar-refractivity contribution in [3.63, 3.8) is 0 Å². The molecule has 2 N–H and O–H groups in total. The molecule has 0 fully saturated rings. The van der Waals surface area contributed by atoms with Gasteiger partial charge in [0.25, 0.3) is 0 Å². The molecule has 0 unspecified atom stereocenters. The van der Waals surface area contributed by atoms with E-state index >= 15 is 0 Å². The zero-order valence-corrected chi connectivity index (χ0v) is 17.4. The van der Waals surface area contributed by atoms with Crippen LogP contribution in [0.2, 0.25) is 0 Å². The molecule has 1 aromatic rings. The Kier molecular flexibility index (Phi) is 11.0. The molecule has 0 heterocycles. The first-order valence-electron chi connectivity index (χ1n) is 9.64.